The van der Waals surface area contributed by atoms with E-state index in [0.29, 0.717) is 6.04 Å². The number of hydrogen-bond donors (Lipinski definition) is 1. The molecule has 0 aliphatic carbocycles. The molecule has 2 fully saturated rings. The summed E-state index contributed by atoms with van der Waals surface area (Å²) in [5.74, 6) is 2.63. The maximum atomic E-state index is 5.41. The Kier molecular flexibility index (Phi) is 4.44. The number of nitrogens with zero attached hydrogens (tertiary/aromatic N) is 7. The van der Waals surface area contributed by atoms with Crippen molar-refractivity contribution in [2.75, 3.05) is 54.5 Å². The van der Waals surface area contributed by atoms with Gasteiger partial charge >= 0.3 is 0 Å². The lowest BCUT2D eigenvalue weighted by Crippen LogP contribution is -2.37. The van der Waals surface area contributed by atoms with Crippen LogP contribution in [0, 0.1) is 6.92 Å². The number of aryl methyl sites for hydroxylation is 1. The van der Waals surface area contributed by atoms with E-state index in [1.165, 1.54) is 0 Å². The second-order valence-electron chi connectivity index (χ2n) is 7.28. The van der Waals surface area contributed by atoms with Gasteiger partial charge in [0.25, 0.3) is 0 Å². The molecule has 3 aromatic heterocycles. The van der Waals surface area contributed by atoms with E-state index in [-0.39, 0.29) is 0 Å². The number of aromatic nitrogens is 5. The highest BCUT2D eigenvalue weighted by atomic mass is 16.5. The first-order chi connectivity index (χ1) is 13.8. The molecular weight excluding hydrogens is 356 g/mol. The minimum Gasteiger partial charge on any atom is -0.378 e. The second-order valence-corrected chi connectivity index (χ2v) is 7.28. The third kappa shape index (κ3) is 3.33. The van der Waals surface area contributed by atoms with Crippen LogP contribution in [0.1, 0.15) is 12.1 Å². The van der Waals surface area contributed by atoms with Gasteiger partial charge in [0.05, 0.1) is 18.9 Å². The summed E-state index contributed by atoms with van der Waals surface area (Å²) < 4.78 is 7.31. The predicted molar refractivity (Wildman–Crippen MR) is 107 cm³/mol. The molecule has 9 heteroatoms. The summed E-state index contributed by atoms with van der Waals surface area (Å²) in [5, 5.41) is 8.06. The maximum Gasteiger partial charge on any atom is 0.227 e. The summed E-state index contributed by atoms with van der Waals surface area (Å²) >= 11 is 0. The molecular formula is C19H24N8O. The average molecular weight is 380 g/mol. The minimum atomic E-state index is 0.318. The van der Waals surface area contributed by atoms with Crippen molar-refractivity contribution < 1.29 is 4.74 Å². The molecule has 2 saturated heterocycles. The van der Waals surface area contributed by atoms with Gasteiger partial charge in [-0.05, 0) is 25.5 Å². The van der Waals surface area contributed by atoms with Crippen molar-refractivity contribution in [2.45, 2.75) is 19.4 Å². The highest BCUT2D eigenvalue weighted by Crippen LogP contribution is 2.25. The lowest BCUT2D eigenvalue weighted by molar-refractivity contribution is 0.122. The summed E-state index contributed by atoms with van der Waals surface area (Å²) in [6, 6.07) is 4.34. The van der Waals surface area contributed by atoms with Crippen molar-refractivity contribution in [3.8, 4) is 0 Å². The molecule has 28 heavy (non-hydrogen) atoms. The summed E-state index contributed by atoms with van der Waals surface area (Å²) in [6.45, 7) is 6.97. The standard InChI is InChI=1S/C19H24N8O/c1-14-12-16-18(20-5-7-27(16)24-14)26-6-3-15(13-26)22-17-2-4-21-19(23-17)25-8-10-28-11-9-25/h2,4-5,7,12,15H,3,6,8-11,13H2,1H3,(H,21,22,23). The molecule has 0 spiro atoms. The first kappa shape index (κ1) is 17.2. The van der Waals surface area contributed by atoms with E-state index < -0.39 is 0 Å². The summed E-state index contributed by atoms with van der Waals surface area (Å²) in [5.41, 5.74) is 2.05. The SMILES string of the molecule is Cc1cc2c(N3CCC(Nc4ccnc(N5CCOCC5)n4)C3)nccn2n1. The lowest BCUT2D eigenvalue weighted by atomic mass is 10.2. The Labute approximate surface area is 163 Å². The number of rotatable bonds is 4. The molecule has 5 heterocycles. The maximum absolute atomic E-state index is 5.41. The smallest absolute Gasteiger partial charge is 0.227 e. The van der Waals surface area contributed by atoms with E-state index in [1.54, 1.807) is 0 Å². The fourth-order valence-corrected chi connectivity index (χ4v) is 3.90. The number of hydrogen-bond acceptors (Lipinski definition) is 8. The van der Waals surface area contributed by atoms with Gasteiger partial charge in [0.2, 0.25) is 5.95 Å². The molecule has 0 bridgehead atoms. The van der Waals surface area contributed by atoms with Crippen LogP contribution in [0.15, 0.2) is 30.7 Å². The number of ether oxygens (including phenoxy) is 1. The highest BCUT2D eigenvalue weighted by Gasteiger charge is 2.26. The van der Waals surface area contributed by atoms with Crippen LogP contribution >= 0.6 is 0 Å². The molecule has 9 nitrogen and oxygen atoms in total. The fourth-order valence-electron chi connectivity index (χ4n) is 3.90. The first-order valence-electron chi connectivity index (χ1n) is 9.74. The topological polar surface area (TPSA) is 83.7 Å². The quantitative estimate of drug-likeness (QED) is 0.726. The van der Waals surface area contributed by atoms with Crippen LogP contribution in [-0.4, -0.2) is 70.0 Å². The van der Waals surface area contributed by atoms with Gasteiger partial charge in [-0.1, -0.05) is 0 Å². The molecule has 0 saturated carbocycles. The number of fused-ring (bicyclic) bond motifs is 1. The molecule has 0 radical (unpaired) electrons. The molecule has 0 amide bonds. The normalized spacial score (nSPS) is 20.1. The van der Waals surface area contributed by atoms with Crippen LogP contribution in [0.3, 0.4) is 0 Å². The molecule has 2 aliphatic heterocycles. The van der Waals surface area contributed by atoms with Crippen molar-refractivity contribution in [3.63, 3.8) is 0 Å². The zero-order valence-electron chi connectivity index (χ0n) is 16.0. The van der Waals surface area contributed by atoms with E-state index in [1.807, 2.05) is 36.1 Å². The Morgan fingerprint density at radius 1 is 1.11 bits per heavy atom. The Hall–Kier alpha value is -2.94. The number of morpholine rings is 1. The van der Waals surface area contributed by atoms with Gasteiger partial charge in [0.1, 0.15) is 11.3 Å². The van der Waals surface area contributed by atoms with Gasteiger partial charge in [0, 0.05) is 50.8 Å². The monoisotopic (exact) mass is 380 g/mol. The largest absolute Gasteiger partial charge is 0.378 e. The van der Waals surface area contributed by atoms with Crippen molar-refractivity contribution in [3.05, 3.63) is 36.4 Å². The molecule has 2 aliphatic rings. The predicted octanol–water partition coefficient (Wildman–Crippen LogP) is 1.36. The Balaban J connectivity index is 1.29. The van der Waals surface area contributed by atoms with E-state index in [9.17, 15) is 0 Å². The van der Waals surface area contributed by atoms with Crippen LogP contribution in [0.5, 0.6) is 0 Å². The molecule has 0 aromatic carbocycles. The number of nitrogens with one attached hydrogen (secondary N) is 1. The van der Waals surface area contributed by atoms with Crippen LogP contribution in [0.4, 0.5) is 17.6 Å². The van der Waals surface area contributed by atoms with Crippen molar-refractivity contribution in [2.24, 2.45) is 0 Å². The Morgan fingerprint density at radius 2 is 2.00 bits per heavy atom. The van der Waals surface area contributed by atoms with Gasteiger partial charge < -0.3 is 19.9 Å². The van der Waals surface area contributed by atoms with E-state index >= 15 is 0 Å². The average Bonchev–Trinajstić information content (AvgIpc) is 3.34. The molecule has 1 atom stereocenters. The second kappa shape index (κ2) is 7.23. The Bertz CT molecular complexity index is 967. The highest BCUT2D eigenvalue weighted by molar-refractivity contribution is 5.69. The van der Waals surface area contributed by atoms with Crippen LogP contribution < -0.4 is 15.1 Å². The zero-order chi connectivity index (χ0) is 18.9. The third-order valence-electron chi connectivity index (χ3n) is 5.27. The van der Waals surface area contributed by atoms with Crippen molar-refractivity contribution in [1.82, 2.24) is 24.6 Å². The third-order valence-corrected chi connectivity index (χ3v) is 5.27. The number of anilines is 3. The zero-order valence-corrected chi connectivity index (χ0v) is 16.0. The van der Waals surface area contributed by atoms with E-state index in [2.05, 4.69) is 36.2 Å². The van der Waals surface area contributed by atoms with Gasteiger partial charge in [-0.3, -0.25) is 0 Å². The van der Waals surface area contributed by atoms with Crippen molar-refractivity contribution >= 4 is 23.1 Å². The van der Waals surface area contributed by atoms with Crippen LogP contribution in [0.25, 0.3) is 5.52 Å². The molecule has 3 aromatic rings. The molecule has 5 rings (SSSR count). The van der Waals surface area contributed by atoms with Gasteiger partial charge in [-0.15, -0.1) is 0 Å². The summed E-state index contributed by atoms with van der Waals surface area (Å²) in [7, 11) is 0. The van der Waals surface area contributed by atoms with Crippen LogP contribution in [-0.2, 0) is 4.74 Å². The molecule has 146 valence electrons. The lowest BCUT2D eigenvalue weighted by Gasteiger charge is -2.27. The van der Waals surface area contributed by atoms with E-state index in [4.69, 9.17) is 9.72 Å². The van der Waals surface area contributed by atoms with Crippen molar-refractivity contribution in [1.29, 1.82) is 0 Å². The van der Waals surface area contributed by atoms with Crippen LogP contribution in [0.2, 0.25) is 0 Å². The first-order valence-corrected chi connectivity index (χ1v) is 9.74. The van der Waals surface area contributed by atoms with Gasteiger partial charge in [0.15, 0.2) is 5.82 Å². The van der Waals surface area contributed by atoms with Gasteiger partial charge in [-0.25, -0.2) is 14.5 Å². The Morgan fingerprint density at radius 3 is 2.89 bits per heavy atom. The fraction of sp³-hybridized carbons (Fsp3) is 0.474. The van der Waals surface area contributed by atoms with Gasteiger partial charge in [-0.2, -0.15) is 10.1 Å². The summed E-state index contributed by atoms with van der Waals surface area (Å²) in [6.07, 6.45) is 6.57. The summed E-state index contributed by atoms with van der Waals surface area (Å²) in [4.78, 5) is 18.2. The minimum absolute atomic E-state index is 0.318. The molecule has 1 unspecified atom stereocenters. The van der Waals surface area contributed by atoms with E-state index in [0.717, 1.165) is 74.6 Å². The molecule has 1 N–H and O–H groups in total.